The molecule has 0 aliphatic carbocycles. The van der Waals surface area contributed by atoms with Gasteiger partial charge in [-0.3, -0.25) is 4.79 Å². The van der Waals surface area contributed by atoms with E-state index in [1.165, 1.54) is 0 Å². The van der Waals surface area contributed by atoms with Crippen molar-refractivity contribution in [2.45, 2.75) is 33.1 Å². The topological polar surface area (TPSA) is 42.0 Å². The number of nitrogens with zero attached hydrogens (tertiary/aromatic N) is 1. The Morgan fingerprint density at radius 3 is 2.60 bits per heavy atom. The fourth-order valence-electron chi connectivity index (χ4n) is 2.72. The lowest BCUT2D eigenvalue weighted by molar-refractivity contribution is 0.102. The van der Waals surface area contributed by atoms with Gasteiger partial charge in [-0.2, -0.15) is 0 Å². The van der Waals surface area contributed by atoms with Crippen molar-refractivity contribution in [3.05, 3.63) is 70.4 Å². The summed E-state index contributed by atoms with van der Waals surface area (Å²) in [6.07, 6.45) is 3.08. The molecule has 0 saturated heterocycles. The summed E-state index contributed by atoms with van der Waals surface area (Å²) in [5.41, 5.74) is 4.39. The SMILES string of the molecule is CCCCc1cc2cc(C(=O)Nc3ccc(C)cc3)ccc2nc1Cl. The number of hydrogen-bond donors (Lipinski definition) is 1. The number of anilines is 1. The molecule has 3 nitrogen and oxygen atoms in total. The minimum atomic E-state index is -0.129. The lowest BCUT2D eigenvalue weighted by Crippen LogP contribution is -2.11. The van der Waals surface area contributed by atoms with Gasteiger partial charge in [0.2, 0.25) is 0 Å². The smallest absolute Gasteiger partial charge is 0.255 e. The molecule has 3 aromatic rings. The third-order valence-corrected chi connectivity index (χ3v) is 4.54. The molecule has 1 amide bonds. The molecule has 0 atom stereocenters. The summed E-state index contributed by atoms with van der Waals surface area (Å²) in [6, 6.07) is 15.3. The van der Waals surface area contributed by atoms with Crippen LogP contribution in [0.15, 0.2) is 48.5 Å². The Kier molecular flexibility index (Phi) is 5.34. The van der Waals surface area contributed by atoms with Crippen LogP contribution in [0.25, 0.3) is 10.9 Å². The molecule has 0 bridgehead atoms. The fraction of sp³-hybridized carbons (Fsp3) is 0.238. The van der Waals surface area contributed by atoms with Gasteiger partial charge in [0.25, 0.3) is 5.91 Å². The number of fused-ring (bicyclic) bond motifs is 1. The number of hydrogen-bond acceptors (Lipinski definition) is 2. The summed E-state index contributed by atoms with van der Waals surface area (Å²) in [4.78, 5) is 17.0. The van der Waals surface area contributed by atoms with Crippen molar-refractivity contribution in [3.63, 3.8) is 0 Å². The number of unbranched alkanes of at least 4 members (excludes halogenated alkanes) is 1. The molecule has 0 spiro atoms. The molecule has 128 valence electrons. The molecule has 2 aromatic carbocycles. The first kappa shape index (κ1) is 17.4. The Bertz CT molecular complexity index is 904. The van der Waals surface area contributed by atoms with Crippen LogP contribution in [0.1, 0.15) is 41.3 Å². The van der Waals surface area contributed by atoms with Crippen LogP contribution in [0.3, 0.4) is 0 Å². The molecule has 1 N–H and O–H groups in total. The number of halogens is 1. The highest BCUT2D eigenvalue weighted by Crippen LogP contribution is 2.23. The summed E-state index contributed by atoms with van der Waals surface area (Å²) in [5, 5.41) is 4.42. The number of nitrogens with one attached hydrogen (secondary N) is 1. The molecule has 0 saturated carbocycles. The Morgan fingerprint density at radius 1 is 1.12 bits per heavy atom. The Labute approximate surface area is 153 Å². The van der Waals surface area contributed by atoms with Crippen LogP contribution in [-0.4, -0.2) is 10.9 Å². The van der Waals surface area contributed by atoms with Crippen LogP contribution in [0, 0.1) is 6.92 Å². The van der Waals surface area contributed by atoms with Gasteiger partial charge < -0.3 is 5.32 Å². The van der Waals surface area contributed by atoms with Crippen molar-refractivity contribution < 1.29 is 4.79 Å². The lowest BCUT2D eigenvalue weighted by Gasteiger charge is -2.09. The number of aryl methyl sites for hydroxylation is 2. The van der Waals surface area contributed by atoms with Gasteiger partial charge in [-0.25, -0.2) is 4.98 Å². The second-order valence-electron chi connectivity index (χ2n) is 6.27. The fourth-order valence-corrected chi connectivity index (χ4v) is 2.96. The first-order valence-corrected chi connectivity index (χ1v) is 8.92. The minimum absolute atomic E-state index is 0.129. The highest BCUT2D eigenvalue weighted by Gasteiger charge is 2.10. The maximum atomic E-state index is 12.5. The molecule has 3 rings (SSSR count). The second kappa shape index (κ2) is 7.66. The molecular weight excluding hydrogens is 332 g/mol. The quantitative estimate of drug-likeness (QED) is 0.590. The van der Waals surface area contributed by atoms with Crippen LogP contribution in [-0.2, 0) is 6.42 Å². The number of benzene rings is 2. The van der Waals surface area contributed by atoms with Gasteiger partial charge in [0, 0.05) is 16.6 Å². The highest BCUT2D eigenvalue weighted by atomic mass is 35.5. The minimum Gasteiger partial charge on any atom is -0.322 e. The van der Waals surface area contributed by atoms with Crippen LogP contribution in [0.2, 0.25) is 5.15 Å². The zero-order valence-electron chi connectivity index (χ0n) is 14.5. The second-order valence-corrected chi connectivity index (χ2v) is 6.63. The Morgan fingerprint density at radius 2 is 1.88 bits per heavy atom. The van der Waals surface area contributed by atoms with Crippen molar-refractivity contribution in [1.29, 1.82) is 0 Å². The average molecular weight is 353 g/mol. The number of rotatable bonds is 5. The lowest BCUT2D eigenvalue weighted by atomic mass is 10.1. The normalized spacial score (nSPS) is 10.8. The van der Waals surface area contributed by atoms with Crippen LogP contribution in [0.5, 0.6) is 0 Å². The molecular formula is C21H21ClN2O. The van der Waals surface area contributed by atoms with Gasteiger partial charge in [0.1, 0.15) is 5.15 Å². The molecule has 0 aliphatic rings. The predicted molar refractivity (Wildman–Crippen MR) is 104 cm³/mol. The van der Waals surface area contributed by atoms with E-state index in [0.29, 0.717) is 10.7 Å². The van der Waals surface area contributed by atoms with Crippen LogP contribution in [0.4, 0.5) is 5.69 Å². The van der Waals surface area contributed by atoms with Gasteiger partial charge in [0.15, 0.2) is 0 Å². The summed E-state index contributed by atoms with van der Waals surface area (Å²) < 4.78 is 0. The van der Waals surface area contributed by atoms with Gasteiger partial charge in [-0.15, -0.1) is 0 Å². The van der Waals surface area contributed by atoms with E-state index >= 15 is 0 Å². The first-order valence-electron chi connectivity index (χ1n) is 8.54. The maximum absolute atomic E-state index is 12.5. The monoisotopic (exact) mass is 352 g/mol. The summed E-state index contributed by atoms with van der Waals surface area (Å²) in [6.45, 7) is 4.17. The van der Waals surface area contributed by atoms with Crippen molar-refractivity contribution in [1.82, 2.24) is 4.98 Å². The van der Waals surface area contributed by atoms with Gasteiger partial charge in [-0.1, -0.05) is 42.6 Å². The molecule has 4 heteroatoms. The van der Waals surface area contributed by atoms with E-state index in [1.807, 2.05) is 49.4 Å². The van der Waals surface area contributed by atoms with Gasteiger partial charge >= 0.3 is 0 Å². The summed E-state index contributed by atoms with van der Waals surface area (Å²) in [5.74, 6) is -0.129. The standard InChI is InChI=1S/C21H21ClN2O/c1-3-4-5-15-12-17-13-16(8-11-19(17)24-20(15)22)21(25)23-18-9-6-14(2)7-10-18/h6-13H,3-5H2,1-2H3,(H,23,25). The number of pyridine rings is 1. The van der Waals surface area contributed by atoms with E-state index in [-0.39, 0.29) is 5.91 Å². The molecule has 0 fully saturated rings. The van der Waals surface area contributed by atoms with Crippen LogP contribution < -0.4 is 5.32 Å². The van der Waals surface area contributed by atoms with Crippen molar-refractivity contribution in [2.75, 3.05) is 5.32 Å². The summed E-state index contributed by atoms with van der Waals surface area (Å²) >= 11 is 6.27. The van der Waals surface area contributed by atoms with Crippen molar-refractivity contribution in [2.24, 2.45) is 0 Å². The molecule has 1 aromatic heterocycles. The maximum Gasteiger partial charge on any atom is 0.255 e. The summed E-state index contributed by atoms with van der Waals surface area (Å²) in [7, 11) is 0. The zero-order valence-corrected chi connectivity index (χ0v) is 15.2. The van der Waals surface area contributed by atoms with Crippen LogP contribution >= 0.6 is 11.6 Å². The van der Waals surface area contributed by atoms with E-state index in [0.717, 1.165) is 47.0 Å². The largest absolute Gasteiger partial charge is 0.322 e. The van der Waals surface area contributed by atoms with E-state index in [2.05, 4.69) is 17.2 Å². The molecule has 25 heavy (non-hydrogen) atoms. The average Bonchev–Trinajstić information content (AvgIpc) is 2.61. The molecule has 0 aliphatic heterocycles. The number of carbonyl (C=O) groups excluding carboxylic acids is 1. The van der Waals surface area contributed by atoms with Crippen molar-refractivity contribution >= 4 is 34.1 Å². The van der Waals surface area contributed by atoms with E-state index in [9.17, 15) is 4.79 Å². The Hall–Kier alpha value is -2.39. The number of aromatic nitrogens is 1. The molecule has 1 heterocycles. The van der Waals surface area contributed by atoms with Gasteiger partial charge in [0.05, 0.1) is 5.52 Å². The molecule has 0 radical (unpaired) electrons. The zero-order chi connectivity index (χ0) is 17.8. The number of carbonyl (C=O) groups is 1. The van der Waals surface area contributed by atoms with E-state index in [1.54, 1.807) is 6.07 Å². The third-order valence-electron chi connectivity index (χ3n) is 4.21. The molecule has 0 unspecified atom stereocenters. The highest BCUT2D eigenvalue weighted by molar-refractivity contribution is 6.30. The Balaban J connectivity index is 1.87. The van der Waals surface area contributed by atoms with Crippen molar-refractivity contribution in [3.8, 4) is 0 Å². The van der Waals surface area contributed by atoms with Gasteiger partial charge in [-0.05, 0) is 61.7 Å². The predicted octanol–water partition coefficient (Wildman–Crippen LogP) is 5.79. The third kappa shape index (κ3) is 4.18. The van der Waals surface area contributed by atoms with E-state index in [4.69, 9.17) is 11.6 Å². The van der Waals surface area contributed by atoms with E-state index < -0.39 is 0 Å². The first-order chi connectivity index (χ1) is 12.1. The number of amides is 1.